The van der Waals surface area contributed by atoms with Crippen LogP contribution in [0.3, 0.4) is 0 Å². The molecule has 0 unspecified atom stereocenters. The van der Waals surface area contributed by atoms with Crippen LogP contribution in [-0.4, -0.2) is 44.8 Å². The fraction of sp³-hybridized carbons (Fsp3) is 0.333. The van der Waals surface area contributed by atoms with Gasteiger partial charge in [0.1, 0.15) is 6.33 Å². The van der Waals surface area contributed by atoms with E-state index >= 15 is 0 Å². The predicted molar refractivity (Wildman–Crippen MR) is 79.9 cm³/mol. The molecule has 1 aromatic carbocycles. The molecule has 0 atom stereocenters. The molecule has 0 saturated heterocycles. The lowest BCUT2D eigenvalue weighted by Gasteiger charge is -2.04. The van der Waals surface area contributed by atoms with Crippen LogP contribution < -0.4 is 0 Å². The van der Waals surface area contributed by atoms with Crippen molar-refractivity contribution in [3.63, 3.8) is 0 Å². The highest BCUT2D eigenvalue weighted by molar-refractivity contribution is 5.84. The Labute approximate surface area is 122 Å². The average Bonchev–Trinajstić information content (AvgIpc) is 3.12. The summed E-state index contributed by atoms with van der Waals surface area (Å²) in [5.41, 5.74) is 2.15. The lowest BCUT2D eigenvalue weighted by molar-refractivity contribution is 0.188. The Morgan fingerprint density at radius 3 is 2.95 bits per heavy atom. The van der Waals surface area contributed by atoms with Crippen LogP contribution in [-0.2, 0) is 17.8 Å². The number of aromatic nitrogens is 4. The van der Waals surface area contributed by atoms with Crippen molar-refractivity contribution in [3.05, 3.63) is 36.8 Å². The molecule has 0 aliphatic heterocycles. The van der Waals surface area contributed by atoms with Crippen molar-refractivity contribution in [1.82, 2.24) is 19.3 Å². The quantitative estimate of drug-likeness (QED) is 0.746. The van der Waals surface area contributed by atoms with Crippen LogP contribution in [0.5, 0.6) is 0 Å². The van der Waals surface area contributed by atoms with Crippen molar-refractivity contribution < 1.29 is 9.84 Å². The third-order valence-corrected chi connectivity index (χ3v) is 3.43. The van der Waals surface area contributed by atoms with Crippen molar-refractivity contribution in [1.29, 1.82) is 0 Å². The third-order valence-electron chi connectivity index (χ3n) is 3.43. The molecule has 1 N–H and O–H groups in total. The standard InChI is InChI=1S/C15H18N4O2/c1-21-9-7-18-5-4-12-10-13(2-3-14(12)18)15-16-11-19(17-15)6-8-20/h2-5,10-11,20H,6-9H2,1H3. The van der Waals surface area contributed by atoms with Gasteiger partial charge in [0.05, 0.1) is 19.8 Å². The molecular formula is C15H18N4O2. The van der Waals surface area contributed by atoms with E-state index in [-0.39, 0.29) is 6.61 Å². The maximum absolute atomic E-state index is 8.91. The molecule has 2 aromatic heterocycles. The number of benzene rings is 1. The number of methoxy groups -OCH3 is 1. The zero-order chi connectivity index (χ0) is 14.7. The molecule has 110 valence electrons. The zero-order valence-corrected chi connectivity index (χ0v) is 11.9. The van der Waals surface area contributed by atoms with Gasteiger partial charge in [-0.1, -0.05) is 0 Å². The fourth-order valence-corrected chi connectivity index (χ4v) is 2.36. The van der Waals surface area contributed by atoms with Crippen LogP contribution in [0.4, 0.5) is 0 Å². The maximum Gasteiger partial charge on any atom is 0.181 e. The van der Waals surface area contributed by atoms with Gasteiger partial charge >= 0.3 is 0 Å². The third kappa shape index (κ3) is 2.81. The molecule has 6 nitrogen and oxygen atoms in total. The Morgan fingerprint density at radius 1 is 1.24 bits per heavy atom. The molecule has 0 aliphatic carbocycles. The second kappa shape index (κ2) is 6.07. The molecular weight excluding hydrogens is 268 g/mol. The van der Waals surface area contributed by atoms with Crippen molar-refractivity contribution in [2.75, 3.05) is 20.3 Å². The van der Waals surface area contributed by atoms with Crippen LogP contribution >= 0.6 is 0 Å². The first kappa shape index (κ1) is 13.8. The van der Waals surface area contributed by atoms with E-state index in [4.69, 9.17) is 9.84 Å². The summed E-state index contributed by atoms with van der Waals surface area (Å²) in [6.07, 6.45) is 3.70. The molecule has 0 amide bonds. The van der Waals surface area contributed by atoms with Crippen LogP contribution in [0.25, 0.3) is 22.3 Å². The number of hydrogen-bond acceptors (Lipinski definition) is 4. The summed E-state index contributed by atoms with van der Waals surface area (Å²) in [6, 6.07) is 8.26. The van der Waals surface area contributed by atoms with E-state index in [0.29, 0.717) is 19.0 Å². The normalized spacial score (nSPS) is 11.3. The summed E-state index contributed by atoms with van der Waals surface area (Å²) in [6.45, 7) is 2.05. The largest absolute Gasteiger partial charge is 0.394 e. The van der Waals surface area contributed by atoms with E-state index in [0.717, 1.165) is 17.5 Å². The topological polar surface area (TPSA) is 65.1 Å². The molecule has 6 heteroatoms. The Hall–Kier alpha value is -2.18. The summed E-state index contributed by atoms with van der Waals surface area (Å²) in [7, 11) is 1.71. The van der Waals surface area contributed by atoms with Crippen molar-refractivity contribution in [3.8, 4) is 11.4 Å². The molecule has 0 radical (unpaired) electrons. The molecule has 21 heavy (non-hydrogen) atoms. The second-order valence-electron chi connectivity index (χ2n) is 4.83. The minimum Gasteiger partial charge on any atom is -0.394 e. The monoisotopic (exact) mass is 286 g/mol. The van der Waals surface area contributed by atoms with Crippen molar-refractivity contribution in [2.24, 2.45) is 0 Å². The smallest absolute Gasteiger partial charge is 0.181 e. The Bertz CT molecular complexity index is 732. The van der Waals surface area contributed by atoms with Gasteiger partial charge in [-0.3, -0.25) is 4.68 Å². The first-order valence-corrected chi connectivity index (χ1v) is 6.90. The Kier molecular flexibility index (Phi) is 3.98. The van der Waals surface area contributed by atoms with E-state index in [1.807, 2.05) is 6.07 Å². The number of aliphatic hydroxyl groups excluding tert-OH is 1. The molecule has 3 aromatic rings. The molecule has 0 bridgehead atoms. The Balaban J connectivity index is 1.90. The first-order valence-electron chi connectivity index (χ1n) is 6.90. The highest BCUT2D eigenvalue weighted by Crippen LogP contribution is 2.22. The van der Waals surface area contributed by atoms with Gasteiger partial charge in [0, 0.05) is 36.3 Å². The van der Waals surface area contributed by atoms with E-state index in [1.165, 1.54) is 5.52 Å². The van der Waals surface area contributed by atoms with Gasteiger partial charge in [0.2, 0.25) is 0 Å². The number of fused-ring (bicyclic) bond motifs is 1. The maximum atomic E-state index is 8.91. The lowest BCUT2D eigenvalue weighted by Crippen LogP contribution is -2.02. The van der Waals surface area contributed by atoms with Crippen LogP contribution in [0.15, 0.2) is 36.8 Å². The molecule has 0 spiro atoms. The summed E-state index contributed by atoms with van der Waals surface area (Å²) in [5.74, 6) is 0.676. The summed E-state index contributed by atoms with van der Waals surface area (Å²) in [4.78, 5) is 4.28. The van der Waals surface area contributed by atoms with Gasteiger partial charge in [-0.25, -0.2) is 4.98 Å². The van der Waals surface area contributed by atoms with E-state index in [9.17, 15) is 0 Å². The highest BCUT2D eigenvalue weighted by Gasteiger charge is 2.07. The minimum atomic E-state index is 0.0597. The number of aliphatic hydroxyl groups is 1. The van der Waals surface area contributed by atoms with E-state index < -0.39 is 0 Å². The van der Waals surface area contributed by atoms with E-state index in [2.05, 4.69) is 39.0 Å². The van der Waals surface area contributed by atoms with Crippen LogP contribution in [0, 0.1) is 0 Å². The lowest BCUT2D eigenvalue weighted by atomic mass is 10.1. The van der Waals surface area contributed by atoms with Gasteiger partial charge in [0.15, 0.2) is 5.82 Å². The van der Waals surface area contributed by atoms with Crippen LogP contribution in [0.2, 0.25) is 0 Å². The van der Waals surface area contributed by atoms with Gasteiger partial charge < -0.3 is 14.4 Å². The number of rotatable bonds is 6. The summed E-state index contributed by atoms with van der Waals surface area (Å²) in [5, 5.41) is 14.4. The number of ether oxygens (including phenoxy) is 1. The molecule has 3 rings (SSSR count). The zero-order valence-electron chi connectivity index (χ0n) is 11.9. The second-order valence-corrected chi connectivity index (χ2v) is 4.83. The van der Waals surface area contributed by atoms with Crippen molar-refractivity contribution in [2.45, 2.75) is 13.1 Å². The van der Waals surface area contributed by atoms with Gasteiger partial charge in [0.25, 0.3) is 0 Å². The summed E-state index contributed by atoms with van der Waals surface area (Å²) < 4.78 is 8.93. The fourth-order valence-electron chi connectivity index (χ4n) is 2.36. The van der Waals surface area contributed by atoms with Crippen molar-refractivity contribution >= 4 is 10.9 Å². The van der Waals surface area contributed by atoms with Gasteiger partial charge in [-0.05, 0) is 24.3 Å². The highest BCUT2D eigenvalue weighted by atomic mass is 16.5. The summed E-state index contributed by atoms with van der Waals surface area (Å²) >= 11 is 0. The number of nitrogens with zero attached hydrogens (tertiary/aromatic N) is 4. The predicted octanol–water partition coefficient (Wildman–Crippen LogP) is 1.54. The molecule has 0 saturated carbocycles. The molecule has 2 heterocycles. The SMILES string of the molecule is COCCn1ccc2cc(-c3ncn(CCO)n3)ccc21. The number of hydrogen-bond donors (Lipinski definition) is 1. The Morgan fingerprint density at radius 2 is 2.14 bits per heavy atom. The minimum absolute atomic E-state index is 0.0597. The van der Waals surface area contributed by atoms with E-state index in [1.54, 1.807) is 18.1 Å². The van der Waals surface area contributed by atoms with Gasteiger partial charge in [-0.2, -0.15) is 5.10 Å². The first-order chi connectivity index (χ1) is 10.3. The van der Waals surface area contributed by atoms with Crippen LogP contribution in [0.1, 0.15) is 0 Å². The average molecular weight is 286 g/mol. The van der Waals surface area contributed by atoms with Gasteiger partial charge in [-0.15, -0.1) is 0 Å². The molecule has 0 aliphatic rings. The molecule has 0 fully saturated rings.